The van der Waals surface area contributed by atoms with Crippen LogP contribution in [0.3, 0.4) is 0 Å². The Bertz CT molecular complexity index is 1390. The highest BCUT2D eigenvalue weighted by Crippen LogP contribution is 2.52. The number of hydrogen-bond donors (Lipinski definition) is 2. The van der Waals surface area contributed by atoms with E-state index < -0.39 is 11.0 Å². The fraction of sp³-hybridized carbons (Fsp3) is 0.469. The van der Waals surface area contributed by atoms with Crippen molar-refractivity contribution in [3.05, 3.63) is 89.0 Å². The van der Waals surface area contributed by atoms with Gasteiger partial charge in [-0.2, -0.15) is 0 Å². The maximum absolute atomic E-state index is 14.0. The lowest BCUT2D eigenvalue weighted by Gasteiger charge is -2.53. The van der Waals surface area contributed by atoms with Gasteiger partial charge in [-0.05, 0) is 37.7 Å². The second-order valence-electron chi connectivity index (χ2n) is 12.0. The van der Waals surface area contributed by atoms with E-state index in [0.717, 1.165) is 49.7 Å². The number of aliphatic hydroxyl groups is 1. The Morgan fingerprint density at radius 3 is 2.40 bits per heavy atom. The van der Waals surface area contributed by atoms with Gasteiger partial charge in [0, 0.05) is 42.7 Å². The minimum absolute atomic E-state index is 0.0279. The summed E-state index contributed by atoms with van der Waals surface area (Å²) in [5.74, 6) is 0. The number of nitrogens with zero attached hydrogens (tertiary/aromatic N) is 4. The third-order valence-corrected chi connectivity index (χ3v) is 9.56. The lowest BCUT2D eigenvalue weighted by atomic mass is 9.66. The number of hydrogen-bond acceptors (Lipinski definition) is 5. The van der Waals surface area contributed by atoms with Crippen molar-refractivity contribution in [2.75, 3.05) is 19.6 Å². The van der Waals surface area contributed by atoms with Crippen molar-refractivity contribution in [2.24, 2.45) is 11.1 Å². The van der Waals surface area contributed by atoms with Gasteiger partial charge >= 0.3 is 6.03 Å². The molecule has 3 aliphatic rings. The van der Waals surface area contributed by atoms with Gasteiger partial charge in [0.05, 0.1) is 30.2 Å². The highest BCUT2D eigenvalue weighted by molar-refractivity contribution is 5.75. The van der Waals surface area contributed by atoms with Crippen LogP contribution in [0, 0.1) is 5.41 Å². The molecule has 8 heteroatoms. The van der Waals surface area contributed by atoms with Gasteiger partial charge in [0.25, 0.3) is 5.56 Å². The van der Waals surface area contributed by atoms with Crippen LogP contribution < -0.4 is 11.3 Å². The molecular weight excluding hydrogens is 502 g/mol. The molecule has 8 nitrogen and oxygen atoms in total. The smallest absolute Gasteiger partial charge is 0.320 e. The number of amides is 2. The SMILES string of the molecule is N[C@H]1CCN(C(=O)N2CC[C@@](O)(Cn3cnc(-c4ccccc4)cc3=O)C3(CCCC3)C2)[C@H](c2ccccc2)C1. The fourth-order valence-electron chi connectivity index (χ4n) is 7.25. The maximum Gasteiger partial charge on any atom is 0.320 e. The number of piperidine rings is 2. The van der Waals surface area contributed by atoms with Crippen molar-refractivity contribution < 1.29 is 9.90 Å². The third kappa shape index (κ3) is 4.95. The molecule has 1 saturated carbocycles. The van der Waals surface area contributed by atoms with E-state index in [0.29, 0.717) is 31.7 Å². The first-order valence-corrected chi connectivity index (χ1v) is 14.6. The number of carbonyl (C=O) groups excluding carboxylic acids is 1. The van der Waals surface area contributed by atoms with Gasteiger partial charge < -0.3 is 20.6 Å². The van der Waals surface area contributed by atoms with Gasteiger partial charge in [0.15, 0.2) is 0 Å². The summed E-state index contributed by atoms with van der Waals surface area (Å²) in [6, 6.07) is 21.4. The van der Waals surface area contributed by atoms with Crippen LogP contribution in [0.15, 0.2) is 77.9 Å². The molecule has 40 heavy (non-hydrogen) atoms. The zero-order chi connectivity index (χ0) is 27.7. The van der Waals surface area contributed by atoms with Crippen molar-refractivity contribution in [2.45, 2.75) is 69.2 Å². The third-order valence-electron chi connectivity index (χ3n) is 9.56. The number of urea groups is 1. The molecule has 0 bridgehead atoms. The number of nitrogens with two attached hydrogens (primary N) is 1. The van der Waals surface area contributed by atoms with Crippen LogP contribution in [-0.2, 0) is 6.54 Å². The lowest BCUT2D eigenvalue weighted by molar-refractivity contribution is -0.137. The Hall–Kier alpha value is -3.49. The molecule has 1 aromatic heterocycles. The molecule has 3 heterocycles. The molecule has 0 unspecified atom stereocenters. The first-order chi connectivity index (χ1) is 19.4. The average Bonchev–Trinajstić information content (AvgIpc) is 3.46. The van der Waals surface area contributed by atoms with Crippen LogP contribution in [0.2, 0.25) is 0 Å². The zero-order valence-electron chi connectivity index (χ0n) is 23.0. The average molecular weight is 542 g/mol. The predicted octanol–water partition coefficient (Wildman–Crippen LogP) is 4.19. The van der Waals surface area contributed by atoms with Gasteiger partial charge in [-0.3, -0.25) is 9.36 Å². The maximum atomic E-state index is 14.0. The van der Waals surface area contributed by atoms with Crippen LogP contribution in [0.5, 0.6) is 0 Å². The van der Waals surface area contributed by atoms with Gasteiger partial charge in [0.2, 0.25) is 0 Å². The summed E-state index contributed by atoms with van der Waals surface area (Å²) < 4.78 is 1.54. The molecule has 2 saturated heterocycles. The molecule has 2 amide bonds. The quantitative estimate of drug-likeness (QED) is 0.515. The second-order valence-corrected chi connectivity index (χ2v) is 12.0. The van der Waals surface area contributed by atoms with E-state index in [-0.39, 0.29) is 30.2 Å². The minimum atomic E-state index is -1.09. The predicted molar refractivity (Wildman–Crippen MR) is 154 cm³/mol. The van der Waals surface area contributed by atoms with Crippen LogP contribution in [0.4, 0.5) is 4.79 Å². The summed E-state index contributed by atoms with van der Waals surface area (Å²) in [5.41, 5.74) is 7.24. The van der Waals surface area contributed by atoms with Crippen molar-refractivity contribution in [3.8, 4) is 11.3 Å². The minimum Gasteiger partial charge on any atom is -0.387 e. The van der Waals surface area contributed by atoms with E-state index in [1.807, 2.05) is 58.3 Å². The van der Waals surface area contributed by atoms with Gasteiger partial charge in [-0.15, -0.1) is 0 Å². The molecule has 6 rings (SSSR count). The summed E-state index contributed by atoms with van der Waals surface area (Å²) in [5, 5.41) is 12.2. The number of likely N-dealkylation sites (tertiary alicyclic amines) is 2. The van der Waals surface area contributed by atoms with E-state index in [2.05, 4.69) is 17.1 Å². The van der Waals surface area contributed by atoms with Gasteiger partial charge in [-0.25, -0.2) is 9.78 Å². The van der Waals surface area contributed by atoms with Crippen LogP contribution in [0.25, 0.3) is 11.3 Å². The van der Waals surface area contributed by atoms with E-state index in [1.165, 1.54) is 0 Å². The van der Waals surface area contributed by atoms with Crippen molar-refractivity contribution in [1.82, 2.24) is 19.4 Å². The molecule has 2 aliphatic heterocycles. The molecule has 3 N–H and O–H groups in total. The molecule has 3 atom stereocenters. The lowest BCUT2D eigenvalue weighted by Crippen LogP contribution is -2.64. The molecule has 210 valence electrons. The Kier molecular flexibility index (Phi) is 7.23. The summed E-state index contributed by atoms with van der Waals surface area (Å²) in [4.78, 5) is 35.7. The molecule has 2 aromatic carbocycles. The molecular formula is C32H39N5O3. The number of aromatic nitrogens is 2. The van der Waals surface area contributed by atoms with E-state index in [9.17, 15) is 14.7 Å². The van der Waals surface area contributed by atoms with E-state index in [4.69, 9.17) is 5.73 Å². The monoisotopic (exact) mass is 541 g/mol. The first-order valence-electron chi connectivity index (χ1n) is 14.6. The summed E-state index contributed by atoms with van der Waals surface area (Å²) >= 11 is 0. The Labute approximate surface area is 235 Å². The second kappa shape index (κ2) is 10.8. The number of rotatable bonds is 4. The molecule has 1 aliphatic carbocycles. The normalized spacial score (nSPS) is 26.2. The standard InChI is InChI=1S/C32H39N5O3/c33-26-13-17-37(28(19-26)25-11-5-2-6-12-25)30(39)35-18-16-32(40,31(21-35)14-7-8-15-31)22-36-23-34-27(20-29(36)38)24-9-3-1-4-10-24/h1-6,9-12,20,23,26,28,40H,7-8,13-19,21-22,33H2/t26-,28-,32+/m0/s1. The van der Waals surface area contributed by atoms with Gasteiger partial charge in [0.1, 0.15) is 0 Å². The molecule has 0 radical (unpaired) electrons. The van der Waals surface area contributed by atoms with Crippen LogP contribution >= 0.6 is 0 Å². The zero-order valence-corrected chi connectivity index (χ0v) is 23.0. The summed E-state index contributed by atoms with van der Waals surface area (Å²) in [6.45, 7) is 1.76. The van der Waals surface area contributed by atoms with E-state index >= 15 is 0 Å². The van der Waals surface area contributed by atoms with Crippen LogP contribution in [0.1, 0.15) is 56.6 Å². The van der Waals surface area contributed by atoms with Gasteiger partial charge in [-0.1, -0.05) is 73.5 Å². The van der Waals surface area contributed by atoms with Crippen molar-refractivity contribution in [3.63, 3.8) is 0 Å². The summed E-state index contributed by atoms with van der Waals surface area (Å²) in [6.07, 6.45) is 7.21. The van der Waals surface area contributed by atoms with Crippen molar-refractivity contribution in [1.29, 1.82) is 0 Å². The highest BCUT2D eigenvalue weighted by atomic mass is 16.3. The van der Waals surface area contributed by atoms with Crippen LogP contribution in [-0.4, -0.2) is 61.8 Å². The largest absolute Gasteiger partial charge is 0.387 e. The molecule has 1 spiro atoms. The number of carbonyl (C=O) groups is 1. The Balaban J connectivity index is 1.23. The fourth-order valence-corrected chi connectivity index (χ4v) is 7.25. The first kappa shape index (κ1) is 26.7. The van der Waals surface area contributed by atoms with Crippen molar-refractivity contribution >= 4 is 6.03 Å². The molecule has 3 aromatic rings. The number of benzene rings is 2. The van der Waals surface area contributed by atoms with E-state index in [1.54, 1.807) is 17.0 Å². The Morgan fingerprint density at radius 1 is 1.00 bits per heavy atom. The summed E-state index contributed by atoms with van der Waals surface area (Å²) in [7, 11) is 0. The topological polar surface area (TPSA) is 105 Å². The Morgan fingerprint density at radius 2 is 1.70 bits per heavy atom. The highest BCUT2D eigenvalue weighted by Gasteiger charge is 2.56. The molecule has 3 fully saturated rings.